The Morgan fingerprint density at radius 2 is 1.74 bits per heavy atom. The van der Waals surface area contributed by atoms with Crippen LogP contribution in [0.4, 0.5) is 5.69 Å². The zero-order valence-electron chi connectivity index (χ0n) is 11.6. The van der Waals surface area contributed by atoms with Crippen molar-refractivity contribution in [2.24, 2.45) is 0 Å². The number of benzene rings is 1. The third-order valence-electron chi connectivity index (χ3n) is 3.82. The predicted octanol–water partition coefficient (Wildman–Crippen LogP) is 4.45. The first-order chi connectivity index (χ1) is 9.34. The molecule has 0 spiro atoms. The fourth-order valence-electron chi connectivity index (χ4n) is 2.74. The zero-order chi connectivity index (χ0) is 13.3. The quantitative estimate of drug-likeness (QED) is 0.779. The standard InChI is InChI=1S/C16H25ClN2/c17-14-7-6-10-16(13-14)19-12-11-18-15-8-4-2-1-3-5-9-15/h6-7,10,13,15,18-19H,1-5,8-9,11-12H2. The van der Waals surface area contributed by atoms with E-state index < -0.39 is 0 Å². The highest BCUT2D eigenvalue weighted by atomic mass is 35.5. The van der Waals surface area contributed by atoms with Gasteiger partial charge in [0.2, 0.25) is 0 Å². The SMILES string of the molecule is Clc1cccc(NCCNC2CCCCCCC2)c1. The van der Waals surface area contributed by atoms with E-state index in [4.69, 9.17) is 11.6 Å². The largest absolute Gasteiger partial charge is 0.384 e. The molecule has 0 bridgehead atoms. The lowest BCUT2D eigenvalue weighted by molar-refractivity contribution is 0.395. The Labute approximate surface area is 121 Å². The minimum atomic E-state index is 0.724. The fourth-order valence-corrected chi connectivity index (χ4v) is 2.93. The third-order valence-corrected chi connectivity index (χ3v) is 4.05. The topological polar surface area (TPSA) is 24.1 Å². The van der Waals surface area contributed by atoms with Crippen LogP contribution in [0.15, 0.2) is 24.3 Å². The van der Waals surface area contributed by atoms with Gasteiger partial charge in [-0.3, -0.25) is 0 Å². The summed E-state index contributed by atoms with van der Waals surface area (Å²) in [4.78, 5) is 0. The van der Waals surface area contributed by atoms with Crippen LogP contribution in [-0.2, 0) is 0 Å². The maximum absolute atomic E-state index is 5.96. The molecule has 3 heteroatoms. The van der Waals surface area contributed by atoms with E-state index in [2.05, 4.69) is 16.7 Å². The van der Waals surface area contributed by atoms with Gasteiger partial charge in [-0.05, 0) is 31.0 Å². The van der Waals surface area contributed by atoms with Crippen LogP contribution in [-0.4, -0.2) is 19.1 Å². The molecule has 19 heavy (non-hydrogen) atoms. The summed E-state index contributed by atoms with van der Waals surface area (Å²) in [5.41, 5.74) is 1.10. The predicted molar refractivity (Wildman–Crippen MR) is 84.1 cm³/mol. The van der Waals surface area contributed by atoms with Gasteiger partial charge in [-0.2, -0.15) is 0 Å². The summed E-state index contributed by atoms with van der Waals surface area (Å²) in [5.74, 6) is 0. The number of anilines is 1. The van der Waals surface area contributed by atoms with Gasteiger partial charge in [-0.25, -0.2) is 0 Å². The molecule has 1 aliphatic carbocycles. The Balaban J connectivity index is 1.62. The highest BCUT2D eigenvalue weighted by Crippen LogP contribution is 2.17. The molecule has 2 rings (SSSR count). The molecule has 0 saturated heterocycles. The molecule has 1 aromatic rings. The Bertz CT molecular complexity index is 360. The molecular weight excluding hydrogens is 256 g/mol. The number of hydrogen-bond donors (Lipinski definition) is 2. The van der Waals surface area contributed by atoms with Gasteiger partial charge in [0.25, 0.3) is 0 Å². The summed E-state index contributed by atoms with van der Waals surface area (Å²) < 4.78 is 0. The van der Waals surface area contributed by atoms with Crippen molar-refractivity contribution in [3.63, 3.8) is 0 Å². The van der Waals surface area contributed by atoms with Crippen LogP contribution in [0.25, 0.3) is 0 Å². The maximum atomic E-state index is 5.96. The highest BCUT2D eigenvalue weighted by molar-refractivity contribution is 6.30. The normalized spacial score (nSPS) is 17.7. The van der Waals surface area contributed by atoms with E-state index in [1.54, 1.807) is 0 Å². The molecule has 0 radical (unpaired) electrons. The van der Waals surface area contributed by atoms with Crippen LogP contribution < -0.4 is 10.6 Å². The molecular formula is C16H25ClN2. The lowest BCUT2D eigenvalue weighted by Crippen LogP contribution is -2.33. The second-order valence-electron chi connectivity index (χ2n) is 5.43. The van der Waals surface area contributed by atoms with Crippen LogP contribution in [0, 0.1) is 0 Å². The van der Waals surface area contributed by atoms with Crippen molar-refractivity contribution in [1.29, 1.82) is 0 Å². The summed E-state index contributed by atoms with van der Waals surface area (Å²) in [6.07, 6.45) is 9.73. The Hall–Kier alpha value is -0.730. The lowest BCUT2D eigenvalue weighted by Gasteiger charge is -2.21. The van der Waals surface area contributed by atoms with Crippen molar-refractivity contribution in [3.05, 3.63) is 29.3 Å². The van der Waals surface area contributed by atoms with Gasteiger partial charge >= 0.3 is 0 Å². The second-order valence-corrected chi connectivity index (χ2v) is 5.87. The summed E-state index contributed by atoms with van der Waals surface area (Å²) in [5, 5.41) is 7.87. The lowest BCUT2D eigenvalue weighted by atomic mass is 9.97. The molecule has 1 saturated carbocycles. The number of rotatable bonds is 5. The van der Waals surface area contributed by atoms with E-state index in [1.165, 1.54) is 44.9 Å². The van der Waals surface area contributed by atoms with E-state index >= 15 is 0 Å². The number of hydrogen-bond acceptors (Lipinski definition) is 2. The third kappa shape index (κ3) is 5.84. The van der Waals surface area contributed by atoms with Gasteiger partial charge < -0.3 is 10.6 Å². The molecule has 0 unspecified atom stereocenters. The first-order valence-electron chi connectivity index (χ1n) is 7.57. The van der Waals surface area contributed by atoms with Crippen molar-refractivity contribution in [1.82, 2.24) is 5.32 Å². The number of halogens is 1. The summed E-state index contributed by atoms with van der Waals surface area (Å²) >= 11 is 5.96. The van der Waals surface area contributed by atoms with E-state index in [0.717, 1.165) is 29.8 Å². The Kier molecular flexibility index (Phi) is 6.52. The van der Waals surface area contributed by atoms with Gasteiger partial charge in [0.15, 0.2) is 0 Å². The summed E-state index contributed by atoms with van der Waals surface area (Å²) in [7, 11) is 0. The highest BCUT2D eigenvalue weighted by Gasteiger charge is 2.09. The minimum Gasteiger partial charge on any atom is -0.384 e. The Morgan fingerprint density at radius 1 is 1.00 bits per heavy atom. The number of nitrogens with one attached hydrogen (secondary N) is 2. The average Bonchev–Trinajstić information content (AvgIpc) is 2.36. The van der Waals surface area contributed by atoms with Crippen molar-refractivity contribution in [3.8, 4) is 0 Å². The second kappa shape index (κ2) is 8.44. The molecule has 2 nitrogen and oxygen atoms in total. The van der Waals surface area contributed by atoms with Crippen LogP contribution in [0.5, 0.6) is 0 Å². The fraction of sp³-hybridized carbons (Fsp3) is 0.625. The molecule has 0 heterocycles. The van der Waals surface area contributed by atoms with Crippen molar-refractivity contribution >= 4 is 17.3 Å². The van der Waals surface area contributed by atoms with Crippen molar-refractivity contribution < 1.29 is 0 Å². The van der Waals surface area contributed by atoms with E-state index in [0.29, 0.717) is 0 Å². The van der Waals surface area contributed by atoms with E-state index in [-0.39, 0.29) is 0 Å². The molecule has 0 aliphatic heterocycles. The molecule has 2 N–H and O–H groups in total. The van der Waals surface area contributed by atoms with Crippen molar-refractivity contribution in [2.75, 3.05) is 18.4 Å². The molecule has 0 aromatic heterocycles. The Morgan fingerprint density at radius 3 is 2.47 bits per heavy atom. The smallest absolute Gasteiger partial charge is 0.0426 e. The molecule has 0 atom stereocenters. The van der Waals surface area contributed by atoms with Crippen LogP contribution in [0.1, 0.15) is 44.9 Å². The van der Waals surface area contributed by atoms with E-state index in [1.807, 2.05) is 18.2 Å². The first-order valence-corrected chi connectivity index (χ1v) is 7.95. The van der Waals surface area contributed by atoms with Gasteiger partial charge in [-0.1, -0.05) is 49.8 Å². The summed E-state index contributed by atoms with van der Waals surface area (Å²) in [6, 6.07) is 8.63. The monoisotopic (exact) mass is 280 g/mol. The van der Waals surface area contributed by atoms with Gasteiger partial charge in [-0.15, -0.1) is 0 Å². The van der Waals surface area contributed by atoms with Crippen LogP contribution in [0.2, 0.25) is 5.02 Å². The first kappa shape index (κ1) is 14.7. The van der Waals surface area contributed by atoms with Gasteiger partial charge in [0.1, 0.15) is 0 Å². The molecule has 1 fully saturated rings. The van der Waals surface area contributed by atoms with Crippen molar-refractivity contribution in [2.45, 2.75) is 51.0 Å². The zero-order valence-corrected chi connectivity index (χ0v) is 12.4. The maximum Gasteiger partial charge on any atom is 0.0426 e. The average molecular weight is 281 g/mol. The van der Waals surface area contributed by atoms with Gasteiger partial charge in [0.05, 0.1) is 0 Å². The molecule has 1 aromatic carbocycles. The summed E-state index contributed by atoms with van der Waals surface area (Å²) in [6.45, 7) is 1.98. The van der Waals surface area contributed by atoms with Gasteiger partial charge in [0, 0.05) is 29.8 Å². The molecule has 0 amide bonds. The van der Waals surface area contributed by atoms with Crippen LogP contribution >= 0.6 is 11.6 Å². The molecule has 1 aliphatic rings. The van der Waals surface area contributed by atoms with Crippen LogP contribution in [0.3, 0.4) is 0 Å². The minimum absolute atomic E-state index is 0.724. The molecule has 106 valence electrons. The van der Waals surface area contributed by atoms with E-state index in [9.17, 15) is 0 Å².